The van der Waals surface area contributed by atoms with Gasteiger partial charge in [0, 0.05) is 13.2 Å². The highest BCUT2D eigenvalue weighted by Gasteiger charge is 2.16. The first-order valence-corrected chi connectivity index (χ1v) is 5.85. The fourth-order valence-electron chi connectivity index (χ4n) is 1.88. The second-order valence-corrected chi connectivity index (χ2v) is 4.40. The van der Waals surface area contributed by atoms with Gasteiger partial charge in [0.05, 0.1) is 6.10 Å². The standard InChI is InChI=1S/C12H27NO/c1-6-12(14-5)11(13-4)9-7-8-10(2)3/h10-13H,6-9H2,1-5H3. The number of hydrogen-bond acceptors (Lipinski definition) is 2. The van der Waals surface area contributed by atoms with E-state index in [-0.39, 0.29) is 0 Å². The van der Waals surface area contributed by atoms with Gasteiger partial charge in [-0.05, 0) is 25.8 Å². The van der Waals surface area contributed by atoms with Crippen molar-refractivity contribution in [3.8, 4) is 0 Å². The topological polar surface area (TPSA) is 21.3 Å². The van der Waals surface area contributed by atoms with Crippen molar-refractivity contribution in [1.29, 1.82) is 0 Å². The number of likely N-dealkylation sites (N-methyl/N-ethyl adjacent to an activating group) is 1. The second kappa shape index (κ2) is 8.25. The molecule has 86 valence electrons. The summed E-state index contributed by atoms with van der Waals surface area (Å²) in [5, 5.41) is 3.35. The minimum atomic E-state index is 0.368. The van der Waals surface area contributed by atoms with Gasteiger partial charge in [-0.3, -0.25) is 0 Å². The smallest absolute Gasteiger partial charge is 0.0721 e. The normalized spacial score (nSPS) is 15.9. The molecule has 0 bridgehead atoms. The van der Waals surface area contributed by atoms with E-state index in [2.05, 4.69) is 26.1 Å². The van der Waals surface area contributed by atoms with E-state index in [1.807, 2.05) is 7.05 Å². The lowest BCUT2D eigenvalue weighted by Gasteiger charge is -2.24. The highest BCUT2D eigenvalue weighted by atomic mass is 16.5. The lowest BCUT2D eigenvalue weighted by atomic mass is 9.99. The number of rotatable bonds is 8. The van der Waals surface area contributed by atoms with Crippen molar-refractivity contribution < 1.29 is 4.74 Å². The maximum absolute atomic E-state index is 5.45. The van der Waals surface area contributed by atoms with Crippen LogP contribution in [-0.2, 0) is 4.74 Å². The van der Waals surface area contributed by atoms with Crippen molar-refractivity contribution in [3.05, 3.63) is 0 Å². The highest BCUT2D eigenvalue weighted by molar-refractivity contribution is 4.74. The van der Waals surface area contributed by atoms with Crippen molar-refractivity contribution in [3.63, 3.8) is 0 Å². The molecule has 0 spiro atoms. The largest absolute Gasteiger partial charge is 0.380 e. The summed E-state index contributed by atoms with van der Waals surface area (Å²) in [5.41, 5.74) is 0. The van der Waals surface area contributed by atoms with E-state index >= 15 is 0 Å². The molecule has 0 radical (unpaired) electrons. The van der Waals surface area contributed by atoms with Gasteiger partial charge in [0.15, 0.2) is 0 Å². The van der Waals surface area contributed by atoms with Crippen molar-refractivity contribution >= 4 is 0 Å². The van der Waals surface area contributed by atoms with E-state index < -0.39 is 0 Å². The van der Waals surface area contributed by atoms with E-state index in [1.54, 1.807) is 7.11 Å². The molecule has 2 heteroatoms. The second-order valence-electron chi connectivity index (χ2n) is 4.40. The van der Waals surface area contributed by atoms with Crippen LogP contribution in [0.5, 0.6) is 0 Å². The molecule has 0 rings (SSSR count). The van der Waals surface area contributed by atoms with Crippen LogP contribution in [0.15, 0.2) is 0 Å². The third kappa shape index (κ3) is 5.61. The Kier molecular flexibility index (Phi) is 8.20. The highest BCUT2D eigenvalue weighted by Crippen LogP contribution is 2.13. The van der Waals surface area contributed by atoms with Gasteiger partial charge in [-0.2, -0.15) is 0 Å². The average molecular weight is 201 g/mol. The van der Waals surface area contributed by atoms with Crippen LogP contribution in [0, 0.1) is 5.92 Å². The van der Waals surface area contributed by atoms with Crippen LogP contribution in [0.4, 0.5) is 0 Å². The first-order chi connectivity index (χ1) is 6.65. The molecule has 0 heterocycles. The van der Waals surface area contributed by atoms with E-state index in [0.717, 1.165) is 12.3 Å². The predicted molar refractivity (Wildman–Crippen MR) is 62.6 cm³/mol. The molecule has 0 aromatic heterocycles. The molecule has 0 aromatic rings. The zero-order valence-electron chi connectivity index (χ0n) is 10.5. The van der Waals surface area contributed by atoms with Crippen LogP contribution in [-0.4, -0.2) is 26.3 Å². The van der Waals surface area contributed by atoms with Crippen LogP contribution >= 0.6 is 0 Å². The third-order valence-electron chi connectivity index (χ3n) is 2.82. The van der Waals surface area contributed by atoms with Crippen LogP contribution in [0.25, 0.3) is 0 Å². The molecule has 0 saturated heterocycles. The summed E-state index contributed by atoms with van der Waals surface area (Å²) in [5.74, 6) is 0.815. The fraction of sp³-hybridized carbons (Fsp3) is 1.00. The molecule has 2 nitrogen and oxygen atoms in total. The van der Waals surface area contributed by atoms with E-state index in [4.69, 9.17) is 4.74 Å². The zero-order valence-corrected chi connectivity index (χ0v) is 10.5. The summed E-state index contributed by atoms with van der Waals surface area (Å²) in [6.07, 6.45) is 5.29. The van der Waals surface area contributed by atoms with Crippen LogP contribution < -0.4 is 5.32 Å². The van der Waals surface area contributed by atoms with Gasteiger partial charge in [-0.25, -0.2) is 0 Å². The fourth-order valence-corrected chi connectivity index (χ4v) is 1.88. The molecule has 0 aliphatic heterocycles. The summed E-state index contributed by atoms with van der Waals surface area (Å²) in [6.45, 7) is 6.74. The monoisotopic (exact) mass is 201 g/mol. The number of ether oxygens (including phenoxy) is 1. The van der Waals surface area contributed by atoms with Crippen molar-refractivity contribution in [2.45, 2.75) is 58.6 Å². The minimum absolute atomic E-state index is 0.368. The van der Waals surface area contributed by atoms with Gasteiger partial charge in [-0.15, -0.1) is 0 Å². The predicted octanol–water partition coefficient (Wildman–Crippen LogP) is 2.83. The first kappa shape index (κ1) is 13.9. The van der Waals surface area contributed by atoms with Gasteiger partial charge in [0.1, 0.15) is 0 Å². The molecular formula is C12H27NO. The molecular weight excluding hydrogens is 174 g/mol. The van der Waals surface area contributed by atoms with E-state index in [9.17, 15) is 0 Å². The van der Waals surface area contributed by atoms with Crippen molar-refractivity contribution in [2.75, 3.05) is 14.2 Å². The lowest BCUT2D eigenvalue weighted by Crippen LogP contribution is -2.38. The Balaban J connectivity index is 3.77. The Morgan fingerprint density at radius 2 is 1.86 bits per heavy atom. The Labute approximate surface area is 89.4 Å². The SMILES string of the molecule is CCC(OC)C(CCCC(C)C)NC. The lowest BCUT2D eigenvalue weighted by molar-refractivity contribution is 0.0639. The van der Waals surface area contributed by atoms with Crippen LogP contribution in [0.2, 0.25) is 0 Å². The molecule has 2 unspecified atom stereocenters. The maximum atomic E-state index is 5.45. The van der Waals surface area contributed by atoms with E-state index in [0.29, 0.717) is 12.1 Å². The van der Waals surface area contributed by atoms with Gasteiger partial charge in [-0.1, -0.05) is 33.6 Å². The average Bonchev–Trinajstić information content (AvgIpc) is 2.16. The molecule has 0 amide bonds. The Hall–Kier alpha value is -0.0800. The minimum Gasteiger partial charge on any atom is -0.380 e. The maximum Gasteiger partial charge on any atom is 0.0721 e. The Morgan fingerprint density at radius 1 is 1.21 bits per heavy atom. The van der Waals surface area contributed by atoms with Gasteiger partial charge < -0.3 is 10.1 Å². The third-order valence-corrected chi connectivity index (χ3v) is 2.82. The van der Waals surface area contributed by atoms with Gasteiger partial charge in [0.2, 0.25) is 0 Å². The molecule has 0 aliphatic carbocycles. The molecule has 0 aliphatic rings. The molecule has 0 aromatic carbocycles. The summed E-state index contributed by atoms with van der Waals surface area (Å²) < 4.78 is 5.45. The molecule has 0 fully saturated rings. The first-order valence-electron chi connectivity index (χ1n) is 5.85. The number of methoxy groups -OCH3 is 1. The van der Waals surface area contributed by atoms with E-state index in [1.165, 1.54) is 19.3 Å². The van der Waals surface area contributed by atoms with Crippen LogP contribution in [0.3, 0.4) is 0 Å². The number of nitrogens with one attached hydrogen (secondary N) is 1. The Bertz CT molecular complexity index is 121. The molecule has 1 N–H and O–H groups in total. The molecule has 2 atom stereocenters. The number of hydrogen-bond donors (Lipinski definition) is 1. The quantitative estimate of drug-likeness (QED) is 0.652. The Morgan fingerprint density at radius 3 is 2.21 bits per heavy atom. The van der Waals surface area contributed by atoms with Crippen molar-refractivity contribution in [1.82, 2.24) is 5.32 Å². The zero-order chi connectivity index (χ0) is 11.0. The summed E-state index contributed by atoms with van der Waals surface area (Å²) in [7, 11) is 3.84. The van der Waals surface area contributed by atoms with Gasteiger partial charge in [0.25, 0.3) is 0 Å². The summed E-state index contributed by atoms with van der Waals surface area (Å²) in [4.78, 5) is 0. The van der Waals surface area contributed by atoms with Crippen molar-refractivity contribution in [2.24, 2.45) is 5.92 Å². The summed E-state index contributed by atoms with van der Waals surface area (Å²) >= 11 is 0. The molecule has 0 saturated carbocycles. The molecule has 14 heavy (non-hydrogen) atoms. The summed E-state index contributed by atoms with van der Waals surface area (Å²) in [6, 6.07) is 0.517. The van der Waals surface area contributed by atoms with Gasteiger partial charge >= 0.3 is 0 Å². The van der Waals surface area contributed by atoms with Crippen LogP contribution in [0.1, 0.15) is 46.5 Å².